The van der Waals surface area contributed by atoms with Gasteiger partial charge in [-0.05, 0) is 29.3 Å². The standard InChI is InChI=1S/C17H21NO2S/c1-12(2)18-16(17(19)20)9-10-21-15-8-7-13-5-3-4-6-14(13)11-15/h3-8,11-12,16,18H,9-10H2,1-2H3,(H,19,20). The monoisotopic (exact) mass is 303 g/mol. The van der Waals surface area contributed by atoms with E-state index < -0.39 is 12.0 Å². The normalized spacial score (nSPS) is 12.7. The third-order valence-corrected chi connectivity index (χ3v) is 4.26. The number of hydrogen-bond acceptors (Lipinski definition) is 3. The maximum atomic E-state index is 11.2. The summed E-state index contributed by atoms with van der Waals surface area (Å²) < 4.78 is 0. The van der Waals surface area contributed by atoms with Gasteiger partial charge in [0.05, 0.1) is 0 Å². The van der Waals surface area contributed by atoms with E-state index in [9.17, 15) is 9.90 Å². The highest BCUT2D eigenvalue weighted by molar-refractivity contribution is 7.99. The Labute approximate surface area is 129 Å². The first-order chi connectivity index (χ1) is 10.1. The molecule has 0 bridgehead atoms. The molecule has 0 aliphatic carbocycles. The van der Waals surface area contributed by atoms with Gasteiger partial charge in [-0.1, -0.05) is 44.2 Å². The summed E-state index contributed by atoms with van der Waals surface area (Å²) in [6.45, 7) is 3.93. The molecule has 0 spiro atoms. The lowest BCUT2D eigenvalue weighted by molar-refractivity contribution is -0.139. The molecule has 0 fully saturated rings. The largest absolute Gasteiger partial charge is 0.480 e. The van der Waals surface area contributed by atoms with Crippen molar-refractivity contribution in [2.24, 2.45) is 0 Å². The Bertz CT molecular complexity index is 613. The van der Waals surface area contributed by atoms with Crippen LogP contribution in [0.3, 0.4) is 0 Å². The van der Waals surface area contributed by atoms with Gasteiger partial charge in [-0.3, -0.25) is 4.79 Å². The molecule has 4 heteroatoms. The van der Waals surface area contributed by atoms with E-state index in [2.05, 4.69) is 35.6 Å². The molecule has 0 heterocycles. The van der Waals surface area contributed by atoms with Crippen molar-refractivity contribution in [3.63, 3.8) is 0 Å². The van der Waals surface area contributed by atoms with E-state index in [1.54, 1.807) is 11.8 Å². The summed E-state index contributed by atoms with van der Waals surface area (Å²) in [5.41, 5.74) is 0. The fourth-order valence-corrected chi connectivity index (χ4v) is 3.20. The lowest BCUT2D eigenvalue weighted by atomic mass is 10.1. The third kappa shape index (κ3) is 4.76. The predicted molar refractivity (Wildman–Crippen MR) is 89.0 cm³/mol. The van der Waals surface area contributed by atoms with Crippen molar-refractivity contribution in [1.82, 2.24) is 5.32 Å². The lowest BCUT2D eigenvalue weighted by Gasteiger charge is -2.16. The van der Waals surface area contributed by atoms with Crippen LogP contribution in [0.15, 0.2) is 47.4 Å². The van der Waals surface area contributed by atoms with Crippen LogP contribution in [0.5, 0.6) is 0 Å². The van der Waals surface area contributed by atoms with Crippen molar-refractivity contribution in [1.29, 1.82) is 0 Å². The van der Waals surface area contributed by atoms with Crippen LogP contribution in [-0.4, -0.2) is 28.9 Å². The first-order valence-electron chi connectivity index (χ1n) is 7.16. The second-order valence-corrected chi connectivity index (χ2v) is 6.53. The van der Waals surface area contributed by atoms with Crippen molar-refractivity contribution in [3.8, 4) is 0 Å². The molecule has 2 aromatic carbocycles. The molecular formula is C17H21NO2S. The molecule has 0 aliphatic rings. The van der Waals surface area contributed by atoms with Crippen LogP contribution in [0.2, 0.25) is 0 Å². The number of rotatable bonds is 7. The van der Waals surface area contributed by atoms with E-state index >= 15 is 0 Å². The number of carboxylic acids is 1. The van der Waals surface area contributed by atoms with Gasteiger partial charge in [0.25, 0.3) is 0 Å². The van der Waals surface area contributed by atoms with E-state index in [-0.39, 0.29) is 6.04 Å². The molecule has 0 radical (unpaired) electrons. The molecule has 3 nitrogen and oxygen atoms in total. The summed E-state index contributed by atoms with van der Waals surface area (Å²) in [4.78, 5) is 12.4. The average molecular weight is 303 g/mol. The molecule has 112 valence electrons. The van der Waals surface area contributed by atoms with Gasteiger partial charge in [0.2, 0.25) is 0 Å². The summed E-state index contributed by atoms with van der Waals surface area (Å²) in [7, 11) is 0. The van der Waals surface area contributed by atoms with Gasteiger partial charge in [0, 0.05) is 16.7 Å². The van der Waals surface area contributed by atoms with Crippen molar-refractivity contribution >= 4 is 28.5 Å². The number of nitrogens with one attached hydrogen (secondary N) is 1. The van der Waals surface area contributed by atoms with Gasteiger partial charge < -0.3 is 10.4 Å². The fraction of sp³-hybridized carbons (Fsp3) is 0.353. The van der Waals surface area contributed by atoms with E-state index in [4.69, 9.17) is 0 Å². The summed E-state index contributed by atoms with van der Waals surface area (Å²) >= 11 is 1.70. The Hall–Kier alpha value is -1.52. The number of carboxylic acid groups (broad SMARTS) is 1. The van der Waals surface area contributed by atoms with Crippen LogP contribution in [0.1, 0.15) is 20.3 Å². The summed E-state index contributed by atoms with van der Waals surface area (Å²) in [6.07, 6.45) is 0.616. The molecule has 2 rings (SSSR count). The highest BCUT2D eigenvalue weighted by Crippen LogP contribution is 2.24. The highest BCUT2D eigenvalue weighted by atomic mass is 32.2. The Morgan fingerprint density at radius 3 is 2.57 bits per heavy atom. The minimum Gasteiger partial charge on any atom is -0.480 e. The predicted octanol–water partition coefficient (Wildman–Crippen LogP) is 3.77. The van der Waals surface area contributed by atoms with Gasteiger partial charge in [0.1, 0.15) is 6.04 Å². The van der Waals surface area contributed by atoms with Crippen molar-refractivity contribution in [2.75, 3.05) is 5.75 Å². The number of hydrogen-bond donors (Lipinski definition) is 2. The van der Waals surface area contributed by atoms with Crippen molar-refractivity contribution in [3.05, 3.63) is 42.5 Å². The topological polar surface area (TPSA) is 49.3 Å². The Balaban J connectivity index is 1.93. The molecule has 0 amide bonds. The molecule has 1 atom stereocenters. The van der Waals surface area contributed by atoms with Crippen molar-refractivity contribution < 1.29 is 9.90 Å². The Morgan fingerprint density at radius 2 is 1.90 bits per heavy atom. The second kappa shape index (κ2) is 7.48. The third-order valence-electron chi connectivity index (χ3n) is 3.23. The van der Waals surface area contributed by atoms with Crippen LogP contribution in [0.25, 0.3) is 10.8 Å². The van der Waals surface area contributed by atoms with E-state index in [1.807, 2.05) is 26.0 Å². The Kier molecular flexibility index (Phi) is 5.65. The van der Waals surface area contributed by atoms with Gasteiger partial charge in [0.15, 0.2) is 0 Å². The lowest BCUT2D eigenvalue weighted by Crippen LogP contribution is -2.41. The molecule has 21 heavy (non-hydrogen) atoms. The van der Waals surface area contributed by atoms with Crippen LogP contribution in [0.4, 0.5) is 0 Å². The molecule has 0 saturated heterocycles. The molecule has 2 aromatic rings. The zero-order chi connectivity index (χ0) is 15.2. The van der Waals surface area contributed by atoms with Gasteiger partial charge in [-0.2, -0.15) is 0 Å². The number of fused-ring (bicyclic) bond motifs is 1. The number of thioether (sulfide) groups is 1. The van der Waals surface area contributed by atoms with Crippen molar-refractivity contribution in [2.45, 2.75) is 37.2 Å². The zero-order valence-corrected chi connectivity index (χ0v) is 13.2. The minimum atomic E-state index is -0.775. The smallest absolute Gasteiger partial charge is 0.320 e. The summed E-state index contributed by atoms with van der Waals surface area (Å²) in [5, 5.41) is 14.7. The summed E-state index contributed by atoms with van der Waals surface area (Å²) in [5.74, 6) is 0.0116. The van der Waals surface area contributed by atoms with Crippen LogP contribution in [-0.2, 0) is 4.79 Å². The quantitative estimate of drug-likeness (QED) is 0.764. The van der Waals surface area contributed by atoms with Gasteiger partial charge in [-0.15, -0.1) is 11.8 Å². The fourth-order valence-electron chi connectivity index (χ4n) is 2.23. The van der Waals surface area contributed by atoms with Crippen LogP contribution in [0, 0.1) is 0 Å². The molecule has 0 saturated carbocycles. The van der Waals surface area contributed by atoms with Gasteiger partial charge >= 0.3 is 5.97 Å². The average Bonchev–Trinajstić information content (AvgIpc) is 2.45. The first-order valence-corrected chi connectivity index (χ1v) is 8.15. The number of aliphatic carboxylic acids is 1. The second-order valence-electron chi connectivity index (χ2n) is 5.36. The number of benzene rings is 2. The van der Waals surface area contributed by atoms with E-state index in [1.165, 1.54) is 15.7 Å². The summed E-state index contributed by atoms with van der Waals surface area (Å²) in [6, 6.07) is 14.3. The molecule has 2 N–H and O–H groups in total. The highest BCUT2D eigenvalue weighted by Gasteiger charge is 2.17. The molecular weight excluding hydrogens is 282 g/mol. The van der Waals surface area contributed by atoms with E-state index in [0.29, 0.717) is 6.42 Å². The SMILES string of the molecule is CC(C)NC(CCSc1ccc2ccccc2c1)C(=O)O. The first kappa shape index (κ1) is 15.9. The Morgan fingerprint density at radius 1 is 1.19 bits per heavy atom. The molecule has 1 unspecified atom stereocenters. The van der Waals surface area contributed by atoms with E-state index in [0.717, 1.165) is 5.75 Å². The molecule has 0 aromatic heterocycles. The van der Waals surface area contributed by atoms with Crippen LogP contribution < -0.4 is 5.32 Å². The van der Waals surface area contributed by atoms with Crippen LogP contribution >= 0.6 is 11.8 Å². The minimum absolute atomic E-state index is 0.178. The zero-order valence-electron chi connectivity index (χ0n) is 12.4. The molecule has 0 aliphatic heterocycles. The van der Waals surface area contributed by atoms with Gasteiger partial charge in [-0.25, -0.2) is 0 Å². The maximum absolute atomic E-state index is 11.2. The maximum Gasteiger partial charge on any atom is 0.320 e. The number of carbonyl (C=O) groups is 1.